The summed E-state index contributed by atoms with van der Waals surface area (Å²) in [5.74, 6) is -0.471. The van der Waals surface area contributed by atoms with Crippen molar-refractivity contribution in [3.63, 3.8) is 0 Å². The van der Waals surface area contributed by atoms with E-state index in [-0.39, 0.29) is 4.86 Å². The summed E-state index contributed by atoms with van der Waals surface area (Å²) in [7, 11) is -1.50. The Morgan fingerprint density at radius 3 is 2.89 bits per heavy atom. The number of fused-ring (bicyclic) bond motifs is 1. The van der Waals surface area contributed by atoms with Gasteiger partial charge < -0.3 is 9.64 Å². The van der Waals surface area contributed by atoms with Crippen LogP contribution in [0.2, 0.25) is 0 Å². The average Bonchev–Trinajstić information content (AvgIpc) is 2.71. The van der Waals surface area contributed by atoms with E-state index in [2.05, 4.69) is 4.99 Å². The topological polar surface area (TPSA) is 59.0 Å². The van der Waals surface area contributed by atoms with Crippen LogP contribution in [0.1, 0.15) is 33.6 Å². The molecule has 104 valence electrons. The molecule has 0 saturated heterocycles. The normalized spacial score (nSPS) is 18.3. The van der Waals surface area contributed by atoms with Gasteiger partial charge in [0, 0.05) is 11.9 Å². The molecule has 0 bridgehead atoms. The number of hydrogen-bond donors (Lipinski definition) is 0. The maximum Gasteiger partial charge on any atom is 0.348 e. The Kier molecular flexibility index (Phi) is 4.09. The third-order valence-electron chi connectivity index (χ3n) is 2.98. The van der Waals surface area contributed by atoms with Crippen molar-refractivity contribution in [3.8, 4) is 0 Å². The largest absolute Gasteiger partial charge is 0.462 e. The molecule has 0 saturated carbocycles. The fourth-order valence-corrected chi connectivity index (χ4v) is 3.20. The van der Waals surface area contributed by atoms with Crippen LogP contribution in [0.25, 0.3) is 0 Å². The zero-order valence-electron chi connectivity index (χ0n) is 11.4. The van der Waals surface area contributed by atoms with Crippen LogP contribution in [-0.4, -0.2) is 43.9 Å². The van der Waals surface area contributed by atoms with Crippen LogP contribution in [0, 0.1) is 0 Å². The fourth-order valence-electron chi connectivity index (χ4n) is 1.99. The zero-order chi connectivity index (χ0) is 14.0. The van der Waals surface area contributed by atoms with Crippen molar-refractivity contribution in [2.75, 3.05) is 13.2 Å². The summed E-state index contributed by atoms with van der Waals surface area (Å²) in [4.78, 5) is 18.3. The maximum atomic E-state index is 12.3. The lowest BCUT2D eigenvalue weighted by Crippen LogP contribution is -2.31. The number of nitrogens with zero attached hydrogens (tertiary/aromatic N) is 2. The van der Waals surface area contributed by atoms with Crippen LogP contribution in [0.5, 0.6) is 0 Å². The van der Waals surface area contributed by atoms with Gasteiger partial charge in [-0.1, -0.05) is 13.8 Å². The second kappa shape index (κ2) is 5.61. The van der Waals surface area contributed by atoms with Crippen molar-refractivity contribution in [3.05, 3.63) is 11.8 Å². The summed E-state index contributed by atoms with van der Waals surface area (Å²) < 4.78 is 17.3. The number of hydrogen-bond acceptors (Lipinski definition) is 5. The molecule has 5 nitrogen and oxygen atoms in total. The van der Waals surface area contributed by atoms with E-state index < -0.39 is 15.9 Å². The van der Waals surface area contributed by atoms with Gasteiger partial charge in [0.05, 0.1) is 23.1 Å². The smallest absolute Gasteiger partial charge is 0.348 e. The van der Waals surface area contributed by atoms with Gasteiger partial charge in [0.2, 0.25) is 5.11 Å². The molecule has 0 atom stereocenters. The Morgan fingerprint density at radius 1 is 1.53 bits per heavy atom. The highest BCUT2D eigenvalue weighted by atomic mass is 32.1. The predicted molar refractivity (Wildman–Crippen MR) is 77.6 cm³/mol. The van der Waals surface area contributed by atoms with Gasteiger partial charge in [-0.15, -0.1) is 0 Å². The minimum Gasteiger partial charge on any atom is -0.462 e. The van der Waals surface area contributed by atoms with Gasteiger partial charge in [0.1, 0.15) is 4.86 Å². The van der Waals surface area contributed by atoms with E-state index in [9.17, 15) is 9.00 Å². The number of ether oxygens (including phenoxy) is 1. The molecule has 6 heteroatoms. The summed E-state index contributed by atoms with van der Waals surface area (Å²) in [6.07, 6.45) is 3.44. The van der Waals surface area contributed by atoms with Crippen molar-refractivity contribution >= 4 is 31.6 Å². The first kappa shape index (κ1) is 13.9. The van der Waals surface area contributed by atoms with Crippen LogP contribution < -0.4 is 0 Å². The van der Waals surface area contributed by atoms with Gasteiger partial charge in [0.15, 0.2) is 0 Å². The van der Waals surface area contributed by atoms with Gasteiger partial charge in [-0.25, -0.2) is 14.0 Å². The highest BCUT2D eigenvalue weighted by Gasteiger charge is 2.28. The Morgan fingerprint density at radius 2 is 2.26 bits per heavy atom. The van der Waals surface area contributed by atoms with Crippen LogP contribution in [0.4, 0.5) is 0 Å². The highest BCUT2D eigenvalue weighted by Crippen LogP contribution is 2.15. The highest BCUT2D eigenvalue weighted by molar-refractivity contribution is 7.86. The second-order valence-electron chi connectivity index (χ2n) is 4.46. The van der Waals surface area contributed by atoms with Crippen LogP contribution in [-0.2, 0) is 19.5 Å². The van der Waals surface area contributed by atoms with E-state index in [0.717, 1.165) is 24.1 Å². The van der Waals surface area contributed by atoms with Crippen LogP contribution >= 0.6 is 0 Å². The molecular weight excluding hydrogens is 264 g/mol. The number of aliphatic imine (C=N–C) groups is 1. The molecule has 0 amide bonds. The quantitative estimate of drug-likeness (QED) is 0.571. The monoisotopic (exact) mass is 282 g/mol. The molecule has 0 spiro atoms. The van der Waals surface area contributed by atoms with Gasteiger partial charge in [-0.2, -0.15) is 0 Å². The van der Waals surface area contributed by atoms with Gasteiger partial charge in [-0.3, -0.25) is 0 Å². The second-order valence-corrected chi connectivity index (χ2v) is 5.86. The zero-order valence-corrected chi connectivity index (χ0v) is 12.2. The molecule has 2 heterocycles. The molecule has 0 aromatic carbocycles. The first-order chi connectivity index (χ1) is 9.08. The number of carbonyl (C=O) groups is 1. The minimum absolute atomic E-state index is 0.286. The van der Waals surface area contributed by atoms with Crippen molar-refractivity contribution in [2.45, 2.75) is 33.6 Å². The first-order valence-corrected chi connectivity index (χ1v) is 7.58. The molecule has 2 aliphatic heterocycles. The Balaban J connectivity index is 2.34. The standard InChI is InChI=1S/C13H18N2O3S/c1-4-6-18-12(16)11-8-15-7-9(3)10(5-2)14-13(15)19(11)17/h7H,4-6,8H2,1-3H3. The van der Waals surface area contributed by atoms with Crippen molar-refractivity contribution in [1.82, 2.24) is 4.90 Å². The van der Waals surface area contributed by atoms with E-state index in [4.69, 9.17) is 4.74 Å². The molecule has 2 aliphatic rings. The maximum absolute atomic E-state index is 12.3. The molecular formula is C13H18N2O3S. The van der Waals surface area contributed by atoms with E-state index in [0.29, 0.717) is 18.3 Å². The Hall–Kier alpha value is -1.56. The van der Waals surface area contributed by atoms with E-state index in [1.165, 1.54) is 0 Å². The molecule has 2 rings (SSSR count). The third-order valence-corrected chi connectivity index (χ3v) is 4.39. The number of esters is 1. The van der Waals surface area contributed by atoms with Crippen molar-refractivity contribution in [2.24, 2.45) is 4.99 Å². The molecule has 0 aliphatic carbocycles. The summed E-state index contributed by atoms with van der Waals surface area (Å²) in [5.41, 5.74) is 1.97. The lowest BCUT2D eigenvalue weighted by molar-refractivity contribution is -0.135. The van der Waals surface area contributed by atoms with Crippen molar-refractivity contribution < 1.29 is 13.7 Å². The van der Waals surface area contributed by atoms with E-state index >= 15 is 0 Å². The average molecular weight is 282 g/mol. The number of carbonyl (C=O) groups excluding carboxylic acids is 1. The van der Waals surface area contributed by atoms with Gasteiger partial charge >= 0.3 is 5.97 Å². The number of rotatable bonds is 4. The minimum atomic E-state index is -1.50. The van der Waals surface area contributed by atoms with Gasteiger partial charge in [0.25, 0.3) is 0 Å². The van der Waals surface area contributed by atoms with E-state index in [1.54, 1.807) is 4.90 Å². The molecule has 0 aromatic heterocycles. The summed E-state index contributed by atoms with van der Waals surface area (Å²) in [6, 6.07) is 0. The molecule has 0 aromatic rings. The molecule has 0 N–H and O–H groups in total. The fraction of sp³-hybridized carbons (Fsp3) is 0.538. The SMILES string of the molecule is CCCOC(=O)C1=S(=O)=C2N=C(CC)C(C)=CN2C1. The molecule has 19 heavy (non-hydrogen) atoms. The first-order valence-electron chi connectivity index (χ1n) is 6.43. The Labute approximate surface area is 114 Å². The Bertz CT molecular complexity index is 614. The van der Waals surface area contributed by atoms with Crippen LogP contribution in [0.3, 0.4) is 0 Å². The molecule has 0 fully saturated rings. The summed E-state index contributed by atoms with van der Waals surface area (Å²) >= 11 is 0. The lowest BCUT2D eigenvalue weighted by atomic mass is 10.1. The summed E-state index contributed by atoms with van der Waals surface area (Å²) in [5, 5.41) is 0.450. The third kappa shape index (κ3) is 2.58. The lowest BCUT2D eigenvalue weighted by Gasteiger charge is -2.21. The predicted octanol–water partition coefficient (Wildman–Crippen LogP) is 1.03. The number of allylic oxidation sites excluding steroid dienone is 1. The van der Waals surface area contributed by atoms with Crippen LogP contribution in [0.15, 0.2) is 16.8 Å². The van der Waals surface area contributed by atoms with Crippen molar-refractivity contribution in [1.29, 1.82) is 0 Å². The molecule has 0 radical (unpaired) electrons. The summed E-state index contributed by atoms with van der Waals surface area (Å²) in [6.45, 7) is 6.56. The van der Waals surface area contributed by atoms with E-state index in [1.807, 2.05) is 27.0 Å². The van der Waals surface area contributed by atoms with Gasteiger partial charge in [-0.05, 0) is 25.3 Å². The molecule has 0 unspecified atom stereocenters.